The molecule has 0 spiro atoms. The monoisotopic (exact) mass is 341 g/mol. The fourth-order valence-electron chi connectivity index (χ4n) is 2.96. The van der Waals surface area contributed by atoms with Gasteiger partial charge < -0.3 is 4.57 Å². The van der Waals surface area contributed by atoms with E-state index < -0.39 is 16.1 Å². The Bertz CT molecular complexity index is 1070. The SMILES string of the molecule is O=C1C(=S(=O)=O)SCc2c1n(-c1ccccc1)c1ccccc21. The normalized spacial score (nSPS) is 14.1. The molecule has 2 heterocycles. The molecule has 0 saturated heterocycles. The zero-order chi connectivity index (χ0) is 16.0. The highest BCUT2D eigenvalue weighted by atomic mass is 32.2. The van der Waals surface area contributed by atoms with Crippen molar-refractivity contribution in [2.24, 2.45) is 0 Å². The number of thioether (sulfide) groups is 1. The Morgan fingerprint density at radius 2 is 1.65 bits per heavy atom. The maximum atomic E-state index is 12.8. The van der Waals surface area contributed by atoms with Gasteiger partial charge in [0.2, 0.25) is 16.1 Å². The fourth-order valence-corrected chi connectivity index (χ4v) is 4.57. The predicted molar refractivity (Wildman–Crippen MR) is 92.8 cm³/mol. The molecule has 0 amide bonds. The number of hydrogen-bond donors (Lipinski definition) is 0. The van der Waals surface area contributed by atoms with Crippen molar-refractivity contribution in [2.75, 3.05) is 0 Å². The molecule has 0 unspecified atom stereocenters. The van der Waals surface area contributed by atoms with E-state index in [1.54, 1.807) is 0 Å². The molecular weight excluding hydrogens is 330 g/mol. The van der Waals surface area contributed by atoms with Crippen LogP contribution in [0, 0.1) is 0 Å². The van der Waals surface area contributed by atoms with Crippen molar-refractivity contribution < 1.29 is 13.2 Å². The van der Waals surface area contributed by atoms with E-state index >= 15 is 0 Å². The van der Waals surface area contributed by atoms with Crippen LogP contribution in [0.25, 0.3) is 16.6 Å². The highest BCUT2D eigenvalue weighted by Gasteiger charge is 2.32. The number of carbonyl (C=O) groups is 1. The Morgan fingerprint density at radius 3 is 2.39 bits per heavy atom. The van der Waals surface area contributed by atoms with Crippen molar-refractivity contribution >= 4 is 42.9 Å². The smallest absolute Gasteiger partial charge is 0.232 e. The second kappa shape index (κ2) is 5.40. The average Bonchev–Trinajstić information content (AvgIpc) is 2.91. The maximum absolute atomic E-state index is 12.8. The lowest BCUT2D eigenvalue weighted by molar-refractivity contribution is 0.106. The maximum Gasteiger partial charge on any atom is 0.232 e. The zero-order valence-electron chi connectivity index (χ0n) is 11.9. The van der Waals surface area contributed by atoms with Gasteiger partial charge in [0.25, 0.3) is 0 Å². The van der Waals surface area contributed by atoms with Crippen LogP contribution in [0.2, 0.25) is 0 Å². The predicted octanol–water partition coefficient (Wildman–Crippen LogP) is 3.07. The van der Waals surface area contributed by atoms with Crippen LogP contribution < -0.4 is 0 Å². The molecule has 4 rings (SSSR count). The van der Waals surface area contributed by atoms with E-state index in [0.29, 0.717) is 11.4 Å². The Hall–Kier alpha value is -2.31. The first-order valence-corrected chi connectivity index (χ1v) is 9.06. The van der Waals surface area contributed by atoms with Gasteiger partial charge in [-0.05, 0) is 23.8 Å². The molecule has 3 aromatic rings. The second-order valence-electron chi connectivity index (χ2n) is 5.16. The van der Waals surface area contributed by atoms with Crippen LogP contribution in [-0.2, 0) is 16.0 Å². The van der Waals surface area contributed by atoms with Gasteiger partial charge in [-0.2, -0.15) is 8.42 Å². The van der Waals surface area contributed by atoms with E-state index in [1.165, 1.54) is 0 Å². The summed E-state index contributed by atoms with van der Waals surface area (Å²) in [6, 6.07) is 17.3. The molecule has 0 atom stereocenters. The van der Waals surface area contributed by atoms with Gasteiger partial charge in [0, 0.05) is 16.8 Å². The quantitative estimate of drug-likeness (QED) is 0.638. The number of para-hydroxylation sites is 2. The van der Waals surface area contributed by atoms with Crippen LogP contribution in [0.4, 0.5) is 0 Å². The number of benzene rings is 2. The van der Waals surface area contributed by atoms with Gasteiger partial charge in [0.15, 0.2) is 4.20 Å². The molecule has 1 aliphatic heterocycles. The lowest BCUT2D eigenvalue weighted by Crippen LogP contribution is -2.21. The minimum atomic E-state index is -2.51. The number of Topliss-reactive ketones (excluding diaryl/α,β-unsaturated/α-hetero) is 1. The van der Waals surface area contributed by atoms with Crippen molar-refractivity contribution in [3.63, 3.8) is 0 Å². The first kappa shape index (κ1) is 14.3. The molecule has 0 saturated carbocycles. The van der Waals surface area contributed by atoms with Crippen LogP contribution in [0.3, 0.4) is 0 Å². The molecule has 0 bridgehead atoms. The Labute approximate surface area is 138 Å². The largest absolute Gasteiger partial charge is 0.306 e. The first-order valence-electron chi connectivity index (χ1n) is 7.00. The van der Waals surface area contributed by atoms with Crippen LogP contribution in [0.15, 0.2) is 54.6 Å². The lowest BCUT2D eigenvalue weighted by atomic mass is 10.1. The molecule has 23 heavy (non-hydrogen) atoms. The summed E-state index contributed by atoms with van der Waals surface area (Å²) in [7, 11) is -2.51. The molecule has 1 aromatic heterocycles. The Kier molecular flexibility index (Phi) is 3.36. The molecule has 114 valence electrons. The molecule has 0 aliphatic carbocycles. The number of rotatable bonds is 1. The van der Waals surface area contributed by atoms with Gasteiger partial charge >= 0.3 is 0 Å². The van der Waals surface area contributed by atoms with Gasteiger partial charge in [-0.1, -0.05) is 36.4 Å². The fraction of sp³-hybridized carbons (Fsp3) is 0.0588. The van der Waals surface area contributed by atoms with Gasteiger partial charge in [-0.3, -0.25) is 4.79 Å². The van der Waals surface area contributed by atoms with E-state index in [-0.39, 0.29) is 4.20 Å². The van der Waals surface area contributed by atoms with Gasteiger partial charge in [0.1, 0.15) is 5.69 Å². The summed E-state index contributed by atoms with van der Waals surface area (Å²) in [5.41, 5.74) is 3.11. The van der Waals surface area contributed by atoms with Crippen molar-refractivity contribution in [3.8, 4) is 5.69 Å². The summed E-state index contributed by atoms with van der Waals surface area (Å²) in [5.74, 6) is 0.0507. The number of hydrogen-bond acceptors (Lipinski definition) is 4. The summed E-state index contributed by atoms with van der Waals surface area (Å²) in [6.45, 7) is 0. The summed E-state index contributed by atoms with van der Waals surface area (Å²) in [6.07, 6.45) is 0. The Balaban J connectivity index is 2.15. The van der Waals surface area contributed by atoms with Crippen molar-refractivity contribution in [3.05, 3.63) is 65.9 Å². The number of nitrogens with zero attached hydrogens (tertiary/aromatic N) is 1. The number of carbonyl (C=O) groups excluding carboxylic acids is 1. The standard InChI is InChI=1S/C17H11NO3S2/c19-16-15-13(10-22-17(16)23(20)21)12-8-4-5-9-14(12)18(15)11-6-2-1-3-7-11/h1-9H,10H2. The van der Waals surface area contributed by atoms with E-state index in [9.17, 15) is 13.2 Å². The molecule has 1 aliphatic rings. The Morgan fingerprint density at radius 1 is 0.957 bits per heavy atom. The van der Waals surface area contributed by atoms with E-state index in [0.717, 1.165) is 33.9 Å². The molecule has 4 nitrogen and oxygen atoms in total. The van der Waals surface area contributed by atoms with E-state index in [2.05, 4.69) is 0 Å². The molecule has 0 N–H and O–H groups in total. The molecule has 6 heteroatoms. The number of fused-ring (bicyclic) bond motifs is 3. The van der Waals surface area contributed by atoms with Crippen LogP contribution in [-0.4, -0.2) is 23.0 Å². The molecular formula is C17H11NO3S2. The lowest BCUT2D eigenvalue weighted by Gasteiger charge is -2.15. The third-order valence-electron chi connectivity index (χ3n) is 3.89. The number of aromatic nitrogens is 1. The second-order valence-corrected chi connectivity index (χ2v) is 7.28. The topological polar surface area (TPSA) is 56.1 Å². The van der Waals surface area contributed by atoms with Crippen molar-refractivity contribution in [1.82, 2.24) is 4.57 Å². The summed E-state index contributed by atoms with van der Waals surface area (Å²) in [5, 5.41) is 0.989. The van der Waals surface area contributed by atoms with Crippen LogP contribution >= 0.6 is 11.8 Å². The van der Waals surface area contributed by atoms with Gasteiger partial charge in [-0.15, -0.1) is 11.8 Å². The first-order chi connectivity index (χ1) is 11.2. The molecule has 0 radical (unpaired) electrons. The molecule has 2 aromatic carbocycles. The van der Waals surface area contributed by atoms with Crippen molar-refractivity contribution in [1.29, 1.82) is 0 Å². The van der Waals surface area contributed by atoms with Crippen LogP contribution in [0.5, 0.6) is 0 Å². The highest BCUT2D eigenvalue weighted by molar-refractivity contribution is 8.23. The third-order valence-corrected chi connectivity index (χ3v) is 6.02. The third kappa shape index (κ3) is 2.14. The summed E-state index contributed by atoms with van der Waals surface area (Å²) in [4.78, 5) is 12.8. The highest BCUT2D eigenvalue weighted by Crippen LogP contribution is 2.36. The number of ketones is 1. The van der Waals surface area contributed by atoms with Crippen molar-refractivity contribution in [2.45, 2.75) is 5.75 Å². The van der Waals surface area contributed by atoms with E-state index in [1.807, 2.05) is 59.2 Å². The van der Waals surface area contributed by atoms with Gasteiger partial charge in [-0.25, -0.2) is 0 Å². The minimum absolute atomic E-state index is 0.113. The zero-order valence-corrected chi connectivity index (χ0v) is 13.5. The van der Waals surface area contributed by atoms with Crippen LogP contribution in [0.1, 0.15) is 16.1 Å². The molecule has 0 fully saturated rings. The summed E-state index contributed by atoms with van der Waals surface area (Å²) >= 11 is 1.09. The minimum Gasteiger partial charge on any atom is -0.306 e. The summed E-state index contributed by atoms with van der Waals surface area (Å²) < 4.78 is 24.4. The van der Waals surface area contributed by atoms with Gasteiger partial charge in [0.05, 0.1) is 5.52 Å². The van der Waals surface area contributed by atoms with E-state index in [4.69, 9.17) is 0 Å². The average molecular weight is 341 g/mol.